The first-order valence-corrected chi connectivity index (χ1v) is 10.7. The third kappa shape index (κ3) is 7.97. The molecule has 0 aliphatic carbocycles. The van der Waals surface area contributed by atoms with Crippen LogP contribution in [0.2, 0.25) is 0 Å². The summed E-state index contributed by atoms with van der Waals surface area (Å²) < 4.78 is 10.9. The third-order valence-corrected chi connectivity index (χ3v) is 5.31. The van der Waals surface area contributed by atoms with Gasteiger partial charge < -0.3 is 20.1 Å². The van der Waals surface area contributed by atoms with Crippen LogP contribution in [-0.4, -0.2) is 57.4 Å². The summed E-state index contributed by atoms with van der Waals surface area (Å²) in [7, 11) is 1.69. The Balaban J connectivity index is 0.00000341. The van der Waals surface area contributed by atoms with Gasteiger partial charge in [-0.05, 0) is 37.1 Å². The van der Waals surface area contributed by atoms with Gasteiger partial charge in [-0.1, -0.05) is 42.0 Å². The molecule has 1 aliphatic rings. The minimum atomic E-state index is 0. The van der Waals surface area contributed by atoms with E-state index in [0.717, 1.165) is 56.7 Å². The van der Waals surface area contributed by atoms with Gasteiger partial charge in [0.2, 0.25) is 0 Å². The SMILES string of the molecule is CCNC(=NCc1cccc(OC)c1)NCC(c1ccc(C)cc1)N1CCOCC1.I. The first-order chi connectivity index (χ1) is 14.7. The summed E-state index contributed by atoms with van der Waals surface area (Å²) in [4.78, 5) is 7.27. The monoisotopic (exact) mass is 538 g/mol. The number of methoxy groups -OCH3 is 1. The van der Waals surface area contributed by atoms with Crippen LogP contribution in [0, 0.1) is 6.92 Å². The van der Waals surface area contributed by atoms with Crippen molar-refractivity contribution in [2.45, 2.75) is 26.4 Å². The second kappa shape index (κ2) is 13.5. The van der Waals surface area contributed by atoms with Crippen molar-refractivity contribution in [1.29, 1.82) is 0 Å². The first-order valence-electron chi connectivity index (χ1n) is 10.7. The number of nitrogens with one attached hydrogen (secondary N) is 2. The average molecular weight is 538 g/mol. The van der Waals surface area contributed by atoms with Gasteiger partial charge in [-0.3, -0.25) is 4.90 Å². The lowest BCUT2D eigenvalue weighted by atomic mass is 10.0. The predicted octanol–water partition coefficient (Wildman–Crippen LogP) is 3.75. The Hall–Kier alpha value is -1.84. The van der Waals surface area contributed by atoms with Crippen molar-refractivity contribution in [3.05, 3.63) is 65.2 Å². The molecule has 31 heavy (non-hydrogen) atoms. The van der Waals surface area contributed by atoms with Gasteiger partial charge in [0.15, 0.2) is 5.96 Å². The van der Waals surface area contributed by atoms with E-state index in [1.54, 1.807) is 7.11 Å². The fourth-order valence-electron chi connectivity index (χ4n) is 3.61. The minimum Gasteiger partial charge on any atom is -0.497 e. The lowest BCUT2D eigenvalue weighted by molar-refractivity contribution is 0.0170. The Bertz CT molecular complexity index is 807. The molecule has 170 valence electrons. The second-order valence-corrected chi connectivity index (χ2v) is 7.50. The molecule has 3 rings (SSSR count). The van der Waals surface area contributed by atoms with Gasteiger partial charge >= 0.3 is 0 Å². The normalized spacial score (nSPS) is 15.6. The number of nitrogens with zero attached hydrogens (tertiary/aromatic N) is 2. The van der Waals surface area contributed by atoms with Crippen molar-refractivity contribution >= 4 is 29.9 Å². The molecule has 1 fully saturated rings. The van der Waals surface area contributed by atoms with Gasteiger partial charge in [0.05, 0.1) is 32.9 Å². The summed E-state index contributed by atoms with van der Waals surface area (Å²) in [5, 5.41) is 6.92. The van der Waals surface area contributed by atoms with Gasteiger partial charge in [0, 0.05) is 26.2 Å². The molecule has 2 aromatic carbocycles. The van der Waals surface area contributed by atoms with Crippen LogP contribution >= 0.6 is 24.0 Å². The smallest absolute Gasteiger partial charge is 0.191 e. The largest absolute Gasteiger partial charge is 0.497 e. The summed E-state index contributed by atoms with van der Waals surface area (Å²) in [6.45, 7) is 9.86. The maximum Gasteiger partial charge on any atom is 0.191 e. The van der Waals surface area contributed by atoms with Gasteiger partial charge in [-0.15, -0.1) is 24.0 Å². The van der Waals surface area contributed by atoms with Gasteiger partial charge in [-0.2, -0.15) is 0 Å². The van der Waals surface area contributed by atoms with Crippen molar-refractivity contribution in [1.82, 2.24) is 15.5 Å². The number of aliphatic imine (C=N–C) groups is 1. The van der Waals surface area contributed by atoms with Gasteiger partial charge in [0.1, 0.15) is 5.75 Å². The van der Waals surface area contributed by atoms with E-state index >= 15 is 0 Å². The molecule has 1 aliphatic heterocycles. The molecule has 0 radical (unpaired) electrons. The van der Waals surface area contributed by atoms with Crippen LogP contribution in [0.5, 0.6) is 5.75 Å². The highest BCUT2D eigenvalue weighted by Crippen LogP contribution is 2.22. The minimum absolute atomic E-state index is 0. The molecular weight excluding hydrogens is 503 g/mol. The summed E-state index contributed by atoms with van der Waals surface area (Å²) >= 11 is 0. The van der Waals surface area contributed by atoms with E-state index in [4.69, 9.17) is 14.5 Å². The molecular formula is C24H35IN4O2. The molecule has 7 heteroatoms. The predicted molar refractivity (Wildman–Crippen MR) is 138 cm³/mol. The van der Waals surface area contributed by atoms with Crippen molar-refractivity contribution in [2.75, 3.05) is 46.5 Å². The Labute approximate surface area is 203 Å². The third-order valence-electron chi connectivity index (χ3n) is 5.31. The van der Waals surface area contributed by atoms with Crippen LogP contribution in [0.3, 0.4) is 0 Å². The summed E-state index contributed by atoms with van der Waals surface area (Å²) in [6.07, 6.45) is 0. The molecule has 1 heterocycles. The first kappa shape index (κ1) is 25.4. The van der Waals surface area contributed by atoms with Gasteiger partial charge in [-0.25, -0.2) is 4.99 Å². The number of halogens is 1. The zero-order valence-corrected chi connectivity index (χ0v) is 21.1. The molecule has 2 aromatic rings. The average Bonchev–Trinajstić information content (AvgIpc) is 2.79. The van der Waals surface area contributed by atoms with Crippen LogP contribution in [0.25, 0.3) is 0 Å². The lowest BCUT2D eigenvalue weighted by Gasteiger charge is -2.35. The second-order valence-electron chi connectivity index (χ2n) is 7.50. The van der Waals surface area contributed by atoms with Crippen LogP contribution < -0.4 is 15.4 Å². The number of rotatable bonds is 8. The highest BCUT2D eigenvalue weighted by Gasteiger charge is 2.22. The molecule has 0 saturated carbocycles. The number of hydrogen-bond acceptors (Lipinski definition) is 4. The molecule has 0 aromatic heterocycles. The summed E-state index contributed by atoms with van der Waals surface area (Å²) in [5.74, 6) is 1.68. The van der Waals surface area contributed by atoms with E-state index in [9.17, 15) is 0 Å². The maximum absolute atomic E-state index is 5.57. The maximum atomic E-state index is 5.57. The van der Waals surface area contributed by atoms with Crippen molar-refractivity contribution < 1.29 is 9.47 Å². The number of morpholine rings is 1. The van der Waals surface area contributed by atoms with Crippen LogP contribution in [0.4, 0.5) is 0 Å². The molecule has 1 atom stereocenters. The number of benzene rings is 2. The van der Waals surface area contributed by atoms with E-state index in [2.05, 4.69) is 59.7 Å². The topological polar surface area (TPSA) is 58.1 Å². The van der Waals surface area contributed by atoms with Crippen molar-refractivity contribution in [3.8, 4) is 5.75 Å². The molecule has 6 nitrogen and oxygen atoms in total. The highest BCUT2D eigenvalue weighted by molar-refractivity contribution is 14.0. The van der Waals surface area contributed by atoms with E-state index in [0.29, 0.717) is 6.54 Å². The lowest BCUT2D eigenvalue weighted by Crippen LogP contribution is -2.46. The highest BCUT2D eigenvalue weighted by atomic mass is 127. The fraction of sp³-hybridized carbons (Fsp3) is 0.458. The fourth-order valence-corrected chi connectivity index (χ4v) is 3.61. The Morgan fingerprint density at radius 2 is 1.87 bits per heavy atom. The van der Waals surface area contributed by atoms with Crippen LogP contribution in [0.15, 0.2) is 53.5 Å². The molecule has 1 unspecified atom stereocenters. The number of ether oxygens (including phenoxy) is 2. The Kier molecular flexibility index (Phi) is 11.1. The zero-order valence-electron chi connectivity index (χ0n) is 18.8. The number of hydrogen-bond donors (Lipinski definition) is 2. The zero-order chi connectivity index (χ0) is 21.2. The van der Waals surface area contributed by atoms with Crippen molar-refractivity contribution in [3.63, 3.8) is 0 Å². The van der Waals surface area contributed by atoms with Crippen molar-refractivity contribution in [2.24, 2.45) is 4.99 Å². The standard InChI is InChI=1S/C24H34N4O2.HI/c1-4-25-24(26-17-20-6-5-7-22(16-20)29-3)27-18-23(28-12-14-30-15-13-28)21-10-8-19(2)9-11-21;/h5-11,16,23H,4,12-15,17-18H2,1-3H3,(H2,25,26,27);1H. The molecule has 1 saturated heterocycles. The van der Waals surface area contributed by atoms with E-state index < -0.39 is 0 Å². The van der Waals surface area contributed by atoms with Crippen LogP contribution in [0.1, 0.15) is 29.7 Å². The van der Waals surface area contributed by atoms with E-state index in [1.807, 2.05) is 18.2 Å². The molecule has 2 N–H and O–H groups in total. The molecule has 0 bridgehead atoms. The summed E-state index contributed by atoms with van der Waals surface area (Å²) in [6, 6.07) is 17.1. The van der Waals surface area contributed by atoms with Crippen LogP contribution in [-0.2, 0) is 11.3 Å². The summed E-state index contributed by atoms with van der Waals surface area (Å²) in [5.41, 5.74) is 3.72. The number of aryl methyl sites for hydroxylation is 1. The Morgan fingerprint density at radius 1 is 1.13 bits per heavy atom. The Morgan fingerprint density at radius 3 is 2.55 bits per heavy atom. The molecule has 0 amide bonds. The van der Waals surface area contributed by atoms with E-state index in [1.165, 1.54) is 11.1 Å². The quantitative estimate of drug-likeness (QED) is 0.305. The van der Waals surface area contributed by atoms with E-state index in [-0.39, 0.29) is 30.0 Å². The molecule has 0 spiro atoms. The number of guanidine groups is 1. The van der Waals surface area contributed by atoms with Gasteiger partial charge in [0.25, 0.3) is 0 Å².